The number of nitrogens with two attached hydrogens (primary N) is 1. The van der Waals surface area contributed by atoms with Gasteiger partial charge in [-0.05, 0) is 18.2 Å². The Hall–Kier alpha value is -1.79. The fraction of sp³-hybridized carbons (Fsp3) is 0.462. The monoisotopic (exact) mass is 268 g/mol. The van der Waals surface area contributed by atoms with Gasteiger partial charge >= 0.3 is 0 Å². The topological polar surface area (TPSA) is 86.8 Å². The Morgan fingerprint density at radius 3 is 2.11 bits per heavy atom. The molecule has 6 nitrogen and oxygen atoms in total. The smallest absolute Gasteiger partial charge is 0.162 e. The van der Waals surface area contributed by atoms with Gasteiger partial charge in [0, 0.05) is 19.8 Å². The van der Waals surface area contributed by atoms with Gasteiger partial charge < -0.3 is 24.7 Å². The summed E-state index contributed by atoms with van der Waals surface area (Å²) in [6.07, 6.45) is 0. The number of hydrogen-bond acceptors (Lipinski definition) is 5. The molecule has 1 aromatic rings. The second-order valence-corrected chi connectivity index (χ2v) is 3.76. The summed E-state index contributed by atoms with van der Waals surface area (Å²) in [7, 11) is 3.21. The van der Waals surface area contributed by atoms with Crippen molar-refractivity contribution < 1.29 is 18.9 Å². The van der Waals surface area contributed by atoms with Gasteiger partial charge in [0.2, 0.25) is 0 Å². The van der Waals surface area contributed by atoms with E-state index in [1.807, 2.05) is 0 Å². The molecular weight excluding hydrogens is 248 g/mol. The molecule has 0 atom stereocenters. The molecule has 0 radical (unpaired) electrons. The van der Waals surface area contributed by atoms with E-state index in [0.29, 0.717) is 43.5 Å². The number of nitrogen functional groups attached to an aromatic ring is 1. The van der Waals surface area contributed by atoms with Gasteiger partial charge in [-0.3, -0.25) is 5.41 Å². The molecular formula is C13H20N2O4. The minimum atomic E-state index is -0.0139. The van der Waals surface area contributed by atoms with E-state index in [2.05, 4.69) is 0 Å². The second kappa shape index (κ2) is 8.34. The summed E-state index contributed by atoms with van der Waals surface area (Å²) in [6.45, 7) is 1.79. The van der Waals surface area contributed by atoms with Gasteiger partial charge in [-0.25, -0.2) is 0 Å². The molecule has 0 heterocycles. The quantitative estimate of drug-likeness (QED) is 0.397. The highest BCUT2D eigenvalue weighted by Crippen LogP contribution is 2.28. The Balaban J connectivity index is 2.78. The first-order valence-corrected chi connectivity index (χ1v) is 5.91. The van der Waals surface area contributed by atoms with Gasteiger partial charge in [-0.2, -0.15) is 0 Å². The lowest BCUT2D eigenvalue weighted by Crippen LogP contribution is -2.13. The number of rotatable bonds is 9. The van der Waals surface area contributed by atoms with Gasteiger partial charge in [0.25, 0.3) is 0 Å². The molecule has 19 heavy (non-hydrogen) atoms. The van der Waals surface area contributed by atoms with E-state index < -0.39 is 0 Å². The summed E-state index contributed by atoms with van der Waals surface area (Å²) in [5.41, 5.74) is 6.04. The molecule has 0 saturated carbocycles. The highest BCUT2D eigenvalue weighted by Gasteiger charge is 2.08. The van der Waals surface area contributed by atoms with Crippen molar-refractivity contribution in [1.29, 1.82) is 5.41 Å². The first-order chi connectivity index (χ1) is 9.19. The molecule has 6 heteroatoms. The molecule has 0 aliphatic carbocycles. The van der Waals surface area contributed by atoms with Crippen molar-refractivity contribution in [3.05, 3.63) is 23.8 Å². The van der Waals surface area contributed by atoms with Crippen molar-refractivity contribution in [2.24, 2.45) is 5.73 Å². The number of methoxy groups -OCH3 is 2. The zero-order chi connectivity index (χ0) is 14.1. The van der Waals surface area contributed by atoms with E-state index in [9.17, 15) is 0 Å². The maximum absolute atomic E-state index is 7.42. The standard InChI is InChI=1S/C13H20N2O4/c1-16-5-7-18-11-4-3-10(13(14)15)9-12(11)19-8-6-17-2/h3-4,9H,5-8H2,1-2H3,(H3,14,15). The van der Waals surface area contributed by atoms with Crippen LogP contribution in [-0.2, 0) is 9.47 Å². The molecule has 0 saturated heterocycles. The van der Waals surface area contributed by atoms with Crippen LogP contribution in [0.5, 0.6) is 11.5 Å². The second-order valence-electron chi connectivity index (χ2n) is 3.76. The van der Waals surface area contributed by atoms with E-state index in [1.54, 1.807) is 32.4 Å². The Kier molecular flexibility index (Phi) is 6.70. The highest BCUT2D eigenvalue weighted by atomic mass is 16.5. The first-order valence-electron chi connectivity index (χ1n) is 5.91. The molecule has 1 rings (SSSR count). The van der Waals surface area contributed by atoms with Gasteiger partial charge in [-0.1, -0.05) is 0 Å². The first kappa shape index (κ1) is 15.3. The average Bonchev–Trinajstić information content (AvgIpc) is 2.40. The van der Waals surface area contributed by atoms with Crippen molar-refractivity contribution in [1.82, 2.24) is 0 Å². The summed E-state index contributed by atoms with van der Waals surface area (Å²) in [5.74, 6) is 1.12. The van der Waals surface area contributed by atoms with Crippen molar-refractivity contribution in [3.63, 3.8) is 0 Å². The molecule has 0 aliphatic rings. The largest absolute Gasteiger partial charge is 0.487 e. The van der Waals surface area contributed by atoms with Crippen LogP contribution in [0.15, 0.2) is 18.2 Å². The summed E-state index contributed by atoms with van der Waals surface area (Å²) in [6, 6.07) is 5.13. The zero-order valence-corrected chi connectivity index (χ0v) is 11.3. The van der Waals surface area contributed by atoms with Gasteiger partial charge in [-0.15, -0.1) is 0 Å². The zero-order valence-electron chi connectivity index (χ0n) is 11.3. The maximum Gasteiger partial charge on any atom is 0.162 e. The van der Waals surface area contributed by atoms with Crippen molar-refractivity contribution in [2.75, 3.05) is 40.6 Å². The summed E-state index contributed by atoms with van der Waals surface area (Å²) < 4.78 is 20.9. The molecule has 0 aromatic heterocycles. The van der Waals surface area contributed by atoms with Crippen molar-refractivity contribution in [2.45, 2.75) is 0 Å². The third-order valence-electron chi connectivity index (χ3n) is 2.34. The molecule has 0 aliphatic heterocycles. The van der Waals surface area contributed by atoms with E-state index in [0.717, 1.165) is 0 Å². The predicted octanol–water partition coefficient (Wildman–Crippen LogP) is 1.02. The Morgan fingerprint density at radius 1 is 1.00 bits per heavy atom. The van der Waals surface area contributed by atoms with Crippen LogP contribution < -0.4 is 15.2 Å². The minimum Gasteiger partial charge on any atom is -0.487 e. The lowest BCUT2D eigenvalue weighted by Gasteiger charge is -2.13. The number of hydrogen-bond donors (Lipinski definition) is 2. The van der Waals surface area contributed by atoms with Gasteiger partial charge in [0.1, 0.15) is 19.0 Å². The number of amidine groups is 1. The van der Waals surface area contributed by atoms with Crippen LogP contribution >= 0.6 is 0 Å². The third kappa shape index (κ3) is 5.15. The molecule has 0 bridgehead atoms. The summed E-state index contributed by atoms with van der Waals surface area (Å²) >= 11 is 0. The molecule has 3 N–H and O–H groups in total. The fourth-order valence-electron chi connectivity index (χ4n) is 1.38. The lowest BCUT2D eigenvalue weighted by atomic mass is 10.2. The number of benzene rings is 1. The Morgan fingerprint density at radius 2 is 1.58 bits per heavy atom. The molecule has 0 spiro atoms. The van der Waals surface area contributed by atoms with Crippen LogP contribution in [0, 0.1) is 5.41 Å². The lowest BCUT2D eigenvalue weighted by molar-refractivity contribution is 0.132. The van der Waals surface area contributed by atoms with Crippen molar-refractivity contribution >= 4 is 5.84 Å². The summed E-state index contributed by atoms with van der Waals surface area (Å²) in [4.78, 5) is 0. The molecule has 0 unspecified atom stereocenters. The third-order valence-corrected chi connectivity index (χ3v) is 2.34. The maximum atomic E-state index is 7.42. The van der Waals surface area contributed by atoms with E-state index >= 15 is 0 Å². The predicted molar refractivity (Wildman–Crippen MR) is 72.2 cm³/mol. The minimum absolute atomic E-state index is 0.0139. The van der Waals surface area contributed by atoms with Crippen LogP contribution in [0.2, 0.25) is 0 Å². The van der Waals surface area contributed by atoms with Crippen LogP contribution in [-0.4, -0.2) is 46.5 Å². The van der Waals surface area contributed by atoms with Gasteiger partial charge in [0.15, 0.2) is 11.5 Å². The van der Waals surface area contributed by atoms with Gasteiger partial charge in [0.05, 0.1) is 13.2 Å². The van der Waals surface area contributed by atoms with Crippen LogP contribution in [0.25, 0.3) is 0 Å². The average molecular weight is 268 g/mol. The normalized spacial score (nSPS) is 10.2. The molecule has 1 aromatic carbocycles. The molecule has 106 valence electrons. The van der Waals surface area contributed by atoms with Crippen LogP contribution in [0.4, 0.5) is 0 Å². The SMILES string of the molecule is COCCOc1ccc(C(=N)N)cc1OCCOC. The molecule has 0 fully saturated rings. The highest BCUT2D eigenvalue weighted by molar-refractivity contribution is 5.95. The van der Waals surface area contributed by atoms with Crippen LogP contribution in [0.1, 0.15) is 5.56 Å². The summed E-state index contributed by atoms with van der Waals surface area (Å²) in [5, 5.41) is 7.42. The number of ether oxygens (including phenoxy) is 4. The Bertz CT molecular complexity index is 410. The van der Waals surface area contributed by atoms with Crippen molar-refractivity contribution in [3.8, 4) is 11.5 Å². The fourth-order valence-corrected chi connectivity index (χ4v) is 1.38. The van der Waals surface area contributed by atoms with E-state index in [-0.39, 0.29) is 5.84 Å². The van der Waals surface area contributed by atoms with Crippen LogP contribution in [0.3, 0.4) is 0 Å². The van der Waals surface area contributed by atoms with E-state index in [1.165, 1.54) is 0 Å². The van der Waals surface area contributed by atoms with E-state index in [4.69, 9.17) is 30.1 Å². The number of nitrogens with one attached hydrogen (secondary N) is 1. The Labute approximate surface area is 112 Å². The molecule has 0 amide bonds.